The van der Waals surface area contributed by atoms with Gasteiger partial charge in [-0.3, -0.25) is 0 Å². The molecule has 90 valence electrons. The lowest BCUT2D eigenvalue weighted by Gasteiger charge is -2.39. The second kappa shape index (κ2) is 4.49. The Morgan fingerprint density at radius 1 is 1.18 bits per heavy atom. The zero-order valence-corrected chi connectivity index (χ0v) is 9.23. The maximum absolute atomic E-state index is 9.82. The third kappa shape index (κ3) is 2.07. The first-order chi connectivity index (χ1) is 8.34. The van der Waals surface area contributed by atoms with E-state index in [1.54, 1.807) is 6.08 Å². The summed E-state index contributed by atoms with van der Waals surface area (Å²) < 4.78 is 16.7. The van der Waals surface area contributed by atoms with Crippen molar-refractivity contribution >= 4 is 0 Å². The van der Waals surface area contributed by atoms with E-state index in [-0.39, 0.29) is 12.2 Å². The van der Waals surface area contributed by atoms with Crippen molar-refractivity contribution in [1.82, 2.24) is 0 Å². The summed E-state index contributed by atoms with van der Waals surface area (Å²) in [5.74, 6) is 0. The fraction of sp³-hybridized carbons (Fsp3) is 0.385. The molecule has 1 aromatic rings. The van der Waals surface area contributed by atoms with Crippen molar-refractivity contribution < 1.29 is 19.3 Å². The smallest absolute Gasteiger partial charge is 0.184 e. The molecule has 1 N–H and O–H groups in total. The van der Waals surface area contributed by atoms with Crippen LogP contribution in [-0.4, -0.2) is 30.0 Å². The van der Waals surface area contributed by atoms with Crippen molar-refractivity contribution in [2.24, 2.45) is 0 Å². The van der Waals surface area contributed by atoms with E-state index in [0.717, 1.165) is 5.56 Å². The molecule has 0 aromatic heterocycles. The minimum atomic E-state index is -0.635. The molecule has 0 saturated carbocycles. The minimum absolute atomic E-state index is 0.227. The molecule has 0 amide bonds. The molecule has 1 aromatic carbocycles. The van der Waals surface area contributed by atoms with Crippen molar-refractivity contribution in [3.63, 3.8) is 0 Å². The monoisotopic (exact) mass is 234 g/mol. The van der Waals surface area contributed by atoms with Crippen LogP contribution in [0.2, 0.25) is 0 Å². The van der Waals surface area contributed by atoms with E-state index in [1.165, 1.54) is 6.26 Å². The third-order valence-electron chi connectivity index (χ3n) is 3.00. The van der Waals surface area contributed by atoms with Gasteiger partial charge in [-0.2, -0.15) is 0 Å². The zero-order valence-electron chi connectivity index (χ0n) is 9.23. The van der Waals surface area contributed by atoms with E-state index in [4.69, 9.17) is 14.2 Å². The summed E-state index contributed by atoms with van der Waals surface area (Å²) in [4.78, 5) is 0. The quantitative estimate of drug-likeness (QED) is 0.797. The lowest BCUT2D eigenvalue weighted by molar-refractivity contribution is -0.276. The van der Waals surface area contributed by atoms with E-state index in [1.807, 2.05) is 30.3 Å². The molecule has 2 aliphatic heterocycles. The van der Waals surface area contributed by atoms with E-state index < -0.39 is 12.4 Å². The Labute approximate surface area is 99.4 Å². The van der Waals surface area contributed by atoms with Crippen LogP contribution >= 0.6 is 0 Å². The van der Waals surface area contributed by atoms with Crippen LogP contribution in [0, 0.1) is 0 Å². The Morgan fingerprint density at radius 2 is 2.00 bits per heavy atom. The average Bonchev–Trinajstić information content (AvgIpc) is 2.40. The van der Waals surface area contributed by atoms with Gasteiger partial charge in [0.1, 0.15) is 12.2 Å². The Balaban J connectivity index is 1.77. The summed E-state index contributed by atoms with van der Waals surface area (Å²) in [7, 11) is 0. The standard InChI is InChI=1S/C13H14O4/c14-10-6-7-15-11-8-16-13(17-12(10)11)9-4-2-1-3-5-9/h1-7,10-14H,8H2/t10-,11-,12-,13+/m1/s1. The van der Waals surface area contributed by atoms with Crippen LogP contribution in [0.15, 0.2) is 42.7 Å². The molecule has 0 radical (unpaired) electrons. The molecule has 0 aliphatic carbocycles. The maximum atomic E-state index is 9.82. The summed E-state index contributed by atoms with van der Waals surface area (Å²) in [6.07, 6.45) is 1.44. The molecule has 0 unspecified atom stereocenters. The number of aliphatic hydroxyl groups excluding tert-OH is 1. The summed E-state index contributed by atoms with van der Waals surface area (Å²) in [6, 6.07) is 9.69. The van der Waals surface area contributed by atoms with E-state index in [0.29, 0.717) is 6.61 Å². The number of hydrogen-bond donors (Lipinski definition) is 1. The van der Waals surface area contributed by atoms with Gasteiger partial charge in [0.15, 0.2) is 12.4 Å². The molecule has 2 heterocycles. The summed E-state index contributed by atoms with van der Waals surface area (Å²) in [5, 5.41) is 9.82. The van der Waals surface area contributed by atoms with E-state index >= 15 is 0 Å². The molecule has 1 saturated heterocycles. The SMILES string of the molecule is O[C@@H]1C=CO[C@@H]2CO[C@H](c3ccccc3)O[C@H]12. The summed E-state index contributed by atoms with van der Waals surface area (Å²) >= 11 is 0. The van der Waals surface area contributed by atoms with Gasteiger partial charge in [-0.1, -0.05) is 30.3 Å². The van der Waals surface area contributed by atoms with Crippen LogP contribution in [0.4, 0.5) is 0 Å². The normalized spacial score (nSPS) is 36.1. The molecule has 3 rings (SSSR count). The van der Waals surface area contributed by atoms with E-state index in [2.05, 4.69) is 0 Å². The van der Waals surface area contributed by atoms with Crippen LogP contribution in [0.3, 0.4) is 0 Å². The Kier molecular flexibility index (Phi) is 2.84. The fourth-order valence-electron chi connectivity index (χ4n) is 2.09. The van der Waals surface area contributed by atoms with Crippen LogP contribution in [0.25, 0.3) is 0 Å². The molecule has 1 fully saturated rings. The molecule has 4 nitrogen and oxygen atoms in total. The molecular weight excluding hydrogens is 220 g/mol. The van der Waals surface area contributed by atoms with Gasteiger partial charge in [0.25, 0.3) is 0 Å². The van der Waals surface area contributed by atoms with Crippen LogP contribution in [0.5, 0.6) is 0 Å². The minimum Gasteiger partial charge on any atom is -0.493 e. The average molecular weight is 234 g/mol. The van der Waals surface area contributed by atoms with Gasteiger partial charge in [-0.25, -0.2) is 0 Å². The molecule has 4 heteroatoms. The zero-order chi connectivity index (χ0) is 11.7. The fourth-order valence-corrected chi connectivity index (χ4v) is 2.09. The number of hydrogen-bond acceptors (Lipinski definition) is 4. The molecule has 17 heavy (non-hydrogen) atoms. The summed E-state index contributed by atoms with van der Waals surface area (Å²) in [5.41, 5.74) is 0.952. The van der Waals surface area contributed by atoms with Gasteiger partial charge < -0.3 is 19.3 Å². The number of fused-ring (bicyclic) bond motifs is 1. The molecular formula is C13H14O4. The highest BCUT2D eigenvalue weighted by molar-refractivity contribution is 5.16. The molecule has 0 spiro atoms. The number of ether oxygens (including phenoxy) is 3. The maximum Gasteiger partial charge on any atom is 0.184 e. The third-order valence-corrected chi connectivity index (χ3v) is 3.00. The van der Waals surface area contributed by atoms with Gasteiger partial charge in [-0.05, 0) is 6.08 Å². The van der Waals surface area contributed by atoms with Gasteiger partial charge in [0.05, 0.1) is 12.9 Å². The van der Waals surface area contributed by atoms with Gasteiger partial charge in [-0.15, -0.1) is 0 Å². The van der Waals surface area contributed by atoms with Crippen LogP contribution in [0.1, 0.15) is 11.9 Å². The van der Waals surface area contributed by atoms with E-state index in [9.17, 15) is 5.11 Å². The van der Waals surface area contributed by atoms with Gasteiger partial charge in [0.2, 0.25) is 0 Å². The first-order valence-corrected chi connectivity index (χ1v) is 5.67. The van der Waals surface area contributed by atoms with Crippen molar-refractivity contribution in [2.75, 3.05) is 6.61 Å². The first-order valence-electron chi connectivity index (χ1n) is 5.67. The second-order valence-corrected chi connectivity index (χ2v) is 4.17. The number of aliphatic hydroxyl groups is 1. The van der Waals surface area contributed by atoms with Crippen molar-refractivity contribution in [3.8, 4) is 0 Å². The lowest BCUT2D eigenvalue weighted by atomic mass is 10.0. The molecule has 4 atom stereocenters. The number of benzene rings is 1. The van der Waals surface area contributed by atoms with Gasteiger partial charge >= 0.3 is 0 Å². The first kappa shape index (κ1) is 10.8. The van der Waals surface area contributed by atoms with Crippen molar-refractivity contribution in [2.45, 2.75) is 24.6 Å². The Hall–Kier alpha value is -1.36. The highest BCUT2D eigenvalue weighted by Crippen LogP contribution is 2.30. The molecule has 2 aliphatic rings. The second-order valence-electron chi connectivity index (χ2n) is 4.17. The Bertz CT molecular complexity index is 403. The van der Waals surface area contributed by atoms with Crippen LogP contribution < -0.4 is 0 Å². The molecule has 0 bridgehead atoms. The Morgan fingerprint density at radius 3 is 2.82 bits per heavy atom. The van der Waals surface area contributed by atoms with Gasteiger partial charge in [0, 0.05) is 5.56 Å². The lowest BCUT2D eigenvalue weighted by Crippen LogP contribution is -2.49. The highest BCUT2D eigenvalue weighted by Gasteiger charge is 2.39. The topological polar surface area (TPSA) is 47.9 Å². The predicted molar refractivity (Wildman–Crippen MR) is 60.0 cm³/mol. The number of rotatable bonds is 1. The highest BCUT2D eigenvalue weighted by atomic mass is 16.7. The van der Waals surface area contributed by atoms with Crippen molar-refractivity contribution in [3.05, 3.63) is 48.2 Å². The predicted octanol–water partition coefficient (Wildman–Crippen LogP) is 1.37. The largest absolute Gasteiger partial charge is 0.493 e. The van der Waals surface area contributed by atoms with Crippen molar-refractivity contribution in [1.29, 1.82) is 0 Å². The van der Waals surface area contributed by atoms with Crippen LogP contribution in [-0.2, 0) is 14.2 Å². The summed E-state index contributed by atoms with van der Waals surface area (Å²) in [6.45, 7) is 0.422.